The Morgan fingerprint density at radius 1 is 1.26 bits per heavy atom. The highest BCUT2D eigenvalue weighted by atomic mass is 16.7. The summed E-state index contributed by atoms with van der Waals surface area (Å²) in [5, 5.41) is 8.88. The van der Waals surface area contributed by atoms with E-state index in [0.717, 1.165) is 0 Å². The van der Waals surface area contributed by atoms with Gasteiger partial charge in [-0.1, -0.05) is 0 Å². The zero-order chi connectivity index (χ0) is 13.7. The van der Waals surface area contributed by atoms with E-state index in [0.29, 0.717) is 23.6 Å². The maximum absolute atomic E-state index is 10.5. The van der Waals surface area contributed by atoms with E-state index in [4.69, 9.17) is 23.4 Å². The molecule has 2 rings (SSSR count). The molecule has 0 fully saturated rings. The Labute approximate surface area is 109 Å². The Balaban J connectivity index is 1.97. The lowest BCUT2D eigenvalue weighted by Crippen LogP contribution is -2.05. The van der Waals surface area contributed by atoms with E-state index in [1.165, 1.54) is 13.2 Å². The van der Waals surface area contributed by atoms with Gasteiger partial charge >= 0.3 is 0 Å². The summed E-state index contributed by atoms with van der Waals surface area (Å²) in [6.45, 7) is 0.00418. The fourth-order valence-electron chi connectivity index (χ4n) is 1.57. The van der Waals surface area contributed by atoms with Gasteiger partial charge in [-0.05, 0) is 24.3 Å². The molecule has 0 saturated heterocycles. The third-order valence-corrected chi connectivity index (χ3v) is 2.46. The van der Waals surface area contributed by atoms with Crippen LogP contribution in [0.15, 0.2) is 33.1 Å². The van der Waals surface area contributed by atoms with Crippen molar-refractivity contribution in [2.75, 3.05) is 7.11 Å². The first kappa shape index (κ1) is 13.5. The molecule has 1 N–H and O–H groups in total. The highest BCUT2D eigenvalue weighted by molar-refractivity contribution is 5.70. The molecule has 2 heterocycles. The number of hydrogen-bond acceptors (Lipinski definition) is 6. The number of ether oxygens (including phenoxy) is 2. The van der Waals surface area contributed by atoms with Crippen LogP contribution in [0.3, 0.4) is 0 Å². The number of carbonyl (C=O) groups is 1. The molecule has 0 aliphatic carbocycles. The van der Waals surface area contributed by atoms with Crippen LogP contribution in [-0.4, -0.2) is 18.5 Å². The van der Waals surface area contributed by atoms with E-state index in [9.17, 15) is 4.79 Å². The van der Waals surface area contributed by atoms with E-state index in [-0.39, 0.29) is 19.0 Å². The minimum absolute atomic E-state index is 0.158. The average molecular weight is 266 g/mol. The van der Waals surface area contributed by atoms with Crippen LogP contribution in [-0.2, 0) is 22.7 Å². The molecule has 6 nitrogen and oxygen atoms in total. The van der Waals surface area contributed by atoms with Gasteiger partial charge in [0, 0.05) is 7.11 Å². The molecule has 0 radical (unpaired) electrons. The van der Waals surface area contributed by atoms with Gasteiger partial charge in [-0.2, -0.15) is 0 Å². The van der Waals surface area contributed by atoms with Crippen molar-refractivity contribution in [3.8, 4) is 0 Å². The lowest BCUT2D eigenvalue weighted by atomic mass is 10.4. The Kier molecular flexibility index (Phi) is 4.51. The molecule has 0 saturated carbocycles. The predicted octanol–water partition coefficient (Wildman–Crippen LogP) is 2.04. The molecule has 0 spiro atoms. The maximum Gasteiger partial charge on any atom is 0.217 e. The molecule has 1 atom stereocenters. The van der Waals surface area contributed by atoms with Crippen molar-refractivity contribution in [2.45, 2.75) is 19.5 Å². The number of carbonyl (C=O) groups excluding carboxylic acids is 1. The van der Waals surface area contributed by atoms with Crippen molar-refractivity contribution in [1.29, 1.82) is 0 Å². The summed E-state index contributed by atoms with van der Waals surface area (Å²) in [6, 6.07) is 6.52. The molecule has 2 aromatic rings. The van der Waals surface area contributed by atoms with Crippen LogP contribution in [0.1, 0.15) is 34.1 Å². The van der Waals surface area contributed by atoms with E-state index in [1.807, 2.05) is 0 Å². The van der Waals surface area contributed by atoms with E-state index < -0.39 is 6.29 Å². The lowest BCUT2D eigenvalue weighted by Gasteiger charge is -2.12. The second kappa shape index (κ2) is 6.33. The Morgan fingerprint density at radius 3 is 2.63 bits per heavy atom. The summed E-state index contributed by atoms with van der Waals surface area (Å²) in [5.41, 5.74) is 0. The molecule has 0 aliphatic heterocycles. The standard InChI is InChI=1S/C13H14O6/c1-16-13(12-5-4-10(7-15)19-12)17-8-11-3-2-9(6-14)18-11/h2-5,7,13-14H,6,8H2,1H3. The van der Waals surface area contributed by atoms with Gasteiger partial charge in [0.25, 0.3) is 0 Å². The van der Waals surface area contributed by atoms with Crippen molar-refractivity contribution in [1.82, 2.24) is 0 Å². The first-order valence-corrected chi connectivity index (χ1v) is 5.64. The van der Waals surface area contributed by atoms with Crippen molar-refractivity contribution in [3.63, 3.8) is 0 Å². The third kappa shape index (κ3) is 3.31. The quantitative estimate of drug-likeness (QED) is 0.610. The second-order valence-corrected chi connectivity index (χ2v) is 3.76. The van der Waals surface area contributed by atoms with Gasteiger partial charge in [0.1, 0.15) is 24.7 Å². The van der Waals surface area contributed by atoms with Gasteiger partial charge in [-0.3, -0.25) is 4.79 Å². The number of rotatable bonds is 7. The summed E-state index contributed by atoms with van der Waals surface area (Å²) in [5.74, 6) is 1.64. The summed E-state index contributed by atoms with van der Waals surface area (Å²) in [7, 11) is 1.47. The van der Waals surface area contributed by atoms with E-state index in [1.54, 1.807) is 18.2 Å². The molecule has 0 amide bonds. The average Bonchev–Trinajstić information content (AvgIpc) is 3.08. The molecule has 0 aliphatic rings. The van der Waals surface area contributed by atoms with Crippen LogP contribution in [0.2, 0.25) is 0 Å². The minimum Gasteiger partial charge on any atom is -0.461 e. The van der Waals surface area contributed by atoms with Gasteiger partial charge in [0.05, 0.1) is 0 Å². The third-order valence-electron chi connectivity index (χ3n) is 2.46. The van der Waals surface area contributed by atoms with Crippen LogP contribution >= 0.6 is 0 Å². The second-order valence-electron chi connectivity index (χ2n) is 3.76. The first-order valence-electron chi connectivity index (χ1n) is 5.64. The van der Waals surface area contributed by atoms with E-state index in [2.05, 4.69) is 0 Å². The highest BCUT2D eigenvalue weighted by Crippen LogP contribution is 2.22. The zero-order valence-electron chi connectivity index (χ0n) is 10.4. The summed E-state index contributed by atoms with van der Waals surface area (Å²) < 4.78 is 21.1. The number of aldehydes is 1. The zero-order valence-corrected chi connectivity index (χ0v) is 10.4. The Hall–Kier alpha value is -1.89. The number of methoxy groups -OCH3 is 1. The van der Waals surface area contributed by atoms with Gasteiger partial charge in [-0.25, -0.2) is 0 Å². The number of furan rings is 2. The Bertz CT molecular complexity index is 527. The van der Waals surface area contributed by atoms with Crippen LogP contribution in [0.5, 0.6) is 0 Å². The topological polar surface area (TPSA) is 82.0 Å². The van der Waals surface area contributed by atoms with Crippen LogP contribution in [0.25, 0.3) is 0 Å². The number of aliphatic hydroxyl groups excluding tert-OH is 1. The van der Waals surface area contributed by atoms with Gasteiger partial charge in [0.15, 0.2) is 17.8 Å². The monoisotopic (exact) mass is 266 g/mol. The number of hydrogen-bond donors (Lipinski definition) is 1. The molecule has 1 unspecified atom stereocenters. The van der Waals surface area contributed by atoms with Gasteiger partial charge < -0.3 is 23.4 Å². The fourth-order valence-corrected chi connectivity index (χ4v) is 1.57. The largest absolute Gasteiger partial charge is 0.461 e. The predicted molar refractivity (Wildman–Crippen MR) is 63.3 cm³/mol. The summed E-state index contributed by atoms with van der Waals surface area (Å²) >= 11 is 0. The lowest BCUT2D eigenvalue weighted by molar-refractivity contribution is -0.149. The van der Waals surface area contributed by atoms with Crippen molar-refractivity contribution in [3.05, 3.63) is 47.3 Å². The van der Waals surface area contributed by atoms with Crippen molar-refractivity contribution < 1.29 is 28.2 Å². The van der Waals surface area contributed by atoms with Crippen LogP contribution < -0.4 is 0 Å². The van der Waals surface area contributed by atoms with Crippen molar-refractivity contribution >= 4 is 6.29 Å². The molecule has 102 valence electrons. The van der Waals surface area contributed by atoms with Crippen LogP contribution in [0.4, 0.5) is 0 Å². The smallest absolute Gasteiger partial charge is 0.217 e. The normalized spacial score (nSPS) is 12.5. The van der Waals surface area contributed by atoms with Gasteiger partial charge in [-0.15, -0.1) is 0 Å². The molecule has 0 bridgehead atoms. The number of aliphatic hydroxyl groups is 1. The SMILES string of the molecule is COC(OCc1ccc(CO)o1)c1ccc(C=O)o1. The highest BCUT2D eigenvalue weighted by Gasteiger charge is 2.16. The van der Waals surface area contributed by atoms with E-state index >= 15 is 0 Å². The first-order chi connectivity index (χ1) is 9.26. The van der Waals surface area contributed by atoms with Gasteiger partial charge in [0.2, 0.25) is 6.29 Å². The Morgan fingerprint density at radius 2 is 2.05 bits per heavy atom. The fraction of sp³-hybridized carbons (Fsp3) is 0.308. The molecular weight excluding hydrogens is 252 g/mol. The molecule has 0 aromatic carbocycles. The summed E-state index contributed by atoms with van der Waals surface area (Å²) in [4.78, 5) is 10.5. The van der Waals surface area contributed by atoms with Crippen molar-refractivity contribution in [2.24, 2.45) is 0 Å². The molecule has 19 heavy (non-hydrogen) atoms. The maximum atomic E-state index is 10.5. The minimum atomic E-state index is -0.726. The molecule has 6 heteroatoms. The van der Waals surface area contributed by atoms with Crippen LogP contribution in [0, 0.1) is 0 Å². The molecular formula is C13H14O6. The summed E-state index contributed by atoms with van der Waals surface area (Å²) in [6.07, 6.45) is -0.118. The molecule has 2 aromatic heterocycles.